The SMILES string of the molecule is Cc1cc([N+](=O)[O-])ccc1NC(=O)C(Sc1cccc(NC(=O)/C(=C\c2cccc3ccccc23)NC(=O)c2ccccc2)c1)c1ccccc1. The third kappa shape index (κ3) is 8.56. The first-order chi connectivity index (χ1) is 24.7. The van der Waals surface area contributed by atoms with E-state index >= 15 is 0 Å². The number of rotatable bonds is 11. The fraction of sp³-hybridized carbons (Fsp3) is 0.0488. The molecule has 10 heteroatoms. The van der Waals surface area contributed by atoms with Gasteiger partial charge in [-0.1, -0.05) is 97.1 Å². The van der Waals surface area contributed by atoms with Crippen LogP contribution in [-0.2, 0) is 9.59 Å². The Hall–Kier alpha value is -6.52. The zero-order chi connectivity index (χ0) is 35.7. The molecule has 6 aromatic rings. The summed E-state index contributed by atoms with van der Waals surface area (Å²) in [5.74, 6) is -1.27. The number of nitrogens with one attached hydrogen (secondary N) is 3. The summed E-state index contributed by atoms with van der Waals surface area (Å²) in [5.41, 5.74) is 3.39. The Morgan fingerprint density at radius 2 is 1.43 bits per heavy atom. The van der Waals surface area contributed by atoms with Gasteiger partial charge in [-0.15, -0.1) is 11.8 Å². The van der Waals surface area contributed by atoms with Gasteiger partial charge in [0, 0.05) is 34.0 Å². The monoisotopic (exact) mass is 692 g/mol. The lowest BCUT2D eigenvalue weighted by molar-refractivity contribution is -0.384. The van der Waals surface area contributed by atoms with Crippen LogP contribution < -0.4 is 16.0 Å². The Bertz CT molecular complexity index is 2270. The van der Waals surface area contributed by atoms with Crippen LogP contribution >= 0.6 is 11.8 Å². The zero-order valence-electron chi connectivity index (χ0n) is 27.4. The van der Waals surface area contributed by atoms with Gasteiger partial charge in [-0.25, -0.2) is 0 Å². The molecule has 0 heterocycles. The van der Waals surface area contributed by atoms with Crippen LogP contribution in [-0.4, -0.2) is 22.6 Å². The molecule has 0 spiro atoms. The lowest BCUT2D eigenvalue weighted by Gasteiger charge is -2.18. The predicted molar refractivity (Wildman–Crippen MR) is 202 cm³/mol. The number of anilines is 2. The van der Waals surface area contributed by atoms with E-state index in [4.69, 9.17) is 0 Å². The third-order valence-corrected chi connectivity index (χ3v) is 9.27. The molecule has 252 valence electrons. The first-order valence-corrected chi connectivity index (χ1v) is 16.9. The molecule has 0 fully saturated rings. The van der Waals surface area contributed by atoms with Gasteiger partial charge in [0.05, 0.1) is 4.92 Å². The van der Waals surface area contributed by atoms with Crippen LogP contribution in [0.1, 0.15) is 32.3 Å². The molecule has 0 saturated heterocycles. The largest absolute Gasteiger partial charge is 0.325 e. The second-order valence-corrected chi connectivity index (χ2v) is 12.8. The van der Waals surface area contributed by atoms with Crippen LogP contribution in [0.3, 0.4) is 0 Å². The maximum atomic E-state index is 13.9. The summed E-state index contributed by atoms with van der Waals surface area (Å²) >= 11 is 1.29. The van der Waals surface area contributed by atoms with Gasteiger partial charge in [-0.2, -0.15) is 0 Å². The van der Waals surface area contributed by atoms with Gasteiger partial charge < -0.3 is 16.0 Å². The number of nitrogens with zero attached hydrogens (tertiary/aromatic N) is 1. The molecular formula is C41H32N4O5S. The van der Waals surface area contributed by atoms with Crippen LogP contribution in [0.4, 0.5) is 17.1 Å². The van der Waals surface area contributed by atoms with Gasteiger partial charge in [0.25, 0.3) is 17.5 Å². The van der Waals surface area contributed by atoms with E-state index in [1.807, 2.05) is 84.9 Å². The van der Waals surface area contributed by atoms with Crippen molar-refractivity contribution in [2.24, 2.45) is 0 Å². The predicted octanol–water partition coefficient (Wildman–Crippen LogP) is 8.94. The minimum Gasteiger partial charge on any atom is -0.325 e. The molecule has 0 bridgehead atoms. The molecular weight excluding hydrogens is 661 g/mol. The minimum atomic E-state index is -0.696. The number of nitro groups is 1. The molecule has 0 saturated carbocycles. The Morgan fingerprint density at radius 3 is 2.18 bits per heavy atom. The first kappa shape index (κ1) is 34.3. The van der Waals surface area contributed by atoms with E-state index < -0.39 is 22.0 Å². The summed E-state index contributed by atoms with van der Waals surface area (Å²) in [6.45, 7) is 1.70. The number of hydrogen-bond donors (Lipinski definition) is 3. The summed E-state index contributed by atoms with van der Waals surface area (Å²) in [4.78, 5) is 52.3. The molecule has 0 aliphatic rings. The number of aryl methyl sites for hydroxylation is 1. The number of thioether (sulfide) groups is 1. The van der Waals surface area contributed by atoms with Gasteiger partial charge in [0.15, 0.2) is 0 Å². The maximum Gasteiger partial charge on any atom is 0.272 e. The molecule has 6 rings (SSSR count). The number of amides is 3. The molecule has 6 aromatic carbocycles. The van der Waals surface area contributed by atoms with Gasteiger partial charge in [0.2, 0.25) is 5.91 Å². The summed E-state index contributed by atoms with van der Waals surface area (Å²) in [7, 11) is 0. The van der Waals surface area contributed by atoms with Crippen LogP contribution in [0, 0.1) is 17.0 Å². The highest BCUT2D eigenvalue weighted by molar-refractivity contribution is 8.00. The van der Waals surface area contributed by atoms with Gasteiger partial charge in [0.1, 0.15) is 10.9 Å². The molecule has 1 atom stereocenters. The van der Waals surface area contributed by atoms with E-state index in [0.29, 0.717) is 27.4 Å². The topological polar surface area (TPSA) is 130 Å². The van der Waals surface area contributed by atoms with Gasteiger partial charge in [-0.05, 0) is 76.9 Å². The average molecular weight is 693 g/mol. The molecule has 0 aliphatic carbocycles. The average Bonchev–Trinajstić information content (AvgIpc) is 3.15. The van der Waals surface area contributed by atoms with Crippen molar-refractivity contribution in [2.45, 2.75) is 17.1 Å². The highest BCUT2D eigenvalue weighted by Gasteiger charge is 2.24. The second-order valence-electron chi connectivity index (χ2n) is 11.6. The van der Waals surface area contributed by atoms with Crippen LogP contribution in [0.2, 0.25) is 0 Å². The van der Waals surface area contributed by atoms with E-state index in [1.165, 1.54) is 30.0 Å². The molecule has 1 unspecified atom stereocenters. The maximum absolute atomic E-state index is 13.9. The van der Waals surface area contributed by atoms with Crippen molar-refractivity contribution in [3.8, 4) is 0 Å². The molecule has 0 aliphatic heterocycles. The zero-order valence-corrected chi connectivity index (χ0v) is 28.2. The van der Waals surface area contributed by atoms with Gasteiger partial charge in [-0.3, -0.25) is 24.5 Å². The van der Waals surface area contributed by atoms with Crippen molar-refractivity contribution >= 4 is 63.4 Å². The smallest absolute Gasteiger partial charge is 0.272 e. The summed E-state index contributed by atoms with van der Waals surface area (Å²) in [6.07, 6.45) is 1.66. The van der Waals surface area contributed by atoms with Crippen molar-refractivity contribution in [3.05, 3.63) is 184 Å². The summed E-state index contributed by atoms with van der Waals surface area (Å²) in [6, 6.07) is 42.9. The second kappa shape index (κ2) is 15.8. The van der Waals surface area contributed by atoms with Crippen molar-refractivity contribution in [3.63, 3.8) is 0 Å². The molecule has 0 radical (unpaired) electrons. The first-order valence-electron chi connectivity index (χ1n) is 16.0. The summed E-state index contributed by atoms with van der Waals surface area (Å²) < 4.78 is 0. The number of fused-ring (bicyclic) bond motifs is 1. The van der Waals surface area contributed by atoms with E-state index in [1.54, 1.807) is 55.5 Å². The quantitative estimate of drug-likeness (QED) is 0.0538. The van der Waals surface area contributed by atoms with Crippen molar-refractivity contribution in [2.75, 3.05) is 10.6 Å². The molecule has 3 N–H and O–H groups in total. The Balaban J connectivity index is 1.26. The molecule has 9 nitrogen and oxygen atoms in total. The van der Waals surface area contributed by atoms with Gasteiger partial charge >= 0.3 is 0 Å². The third-order valence-electron chi connectivity index (χ3n) is 8.02. The highest BCUT2D eigenvalue weighted by atomic mass is 32.2. The minimum absolute atomic E-state index is 0.0540. The highest BCUT2D eigenvalue weighted by Crippen LogP contribution is 2.38. The number of carbonyl (C=O) groups excluding carboxylic acids is 3. The van der Waals surface area contributed by atoms with Crippen molar-refractivity contribution < 1.29 is 19.3 Å². The van der Waals surface area contributed by atoms with E-state index in [0.717, 1.165) is 21.9 Å². The number of non-ortho nitro benzene ring substituents is 1. The van der Waals surface area contributed by atoms with E-state index in [-0.39, 0.29) is 17.3 Å². The summed E-state index contributed by atoms with van der Waals surface area (Å²) in [5, 5.41) is 21.1. The fourth-order valence-corrected chi connectivity index (χ4v) is 6.54. The number of carbonyl (C=O) groups is 3. The number of nitro benzene ring substituents is 1. The van der Waals surface area contributed by atoms with E-state index in [2.05, 4.69) is 16.0 Å². The Kier molecular flexibility index (Phi) is 10.6. The Labute approximate surface area is 298 Å². The molecule has 3 amide bonds. The normalized spacial score (nSPS) is 11.7. The number of benzene rings is 6. The lowest BCUT2D eigenvalue weighted by Crippen LogP contribution is -2.30. The van der Waals surface area contributed by atoms with Crippen LogP contribution in [0.25, 0.3) is 16.8 Å². The lowest BCUT2D eigenvalue weighted by atomic mass is 10.0. The Morgan fingerprint density at radius 1 is 0.745 bits per heavy atom. The van der Waals surface area contributed by atoms with Crippen LogP contribution in [0.5, 0.6) is 0 Å². The number of hydrogen-bond acceptors (Lipinski definition) is 6. The van der Waals surface area contributed by atoms with E-state index in [9.17, 15) is 24.5 Å². The standard InChI is InChI=1S/C41H32N4O5S/c1-27-24-33(45(49)50)22-23-36(27)43-41(48)38(29-13-4-2-5-14-29)51-34-20-11-19-32(26-34)42-40(47)37(44-39(46)30-15-6-3-7-16-30)25-31-18-10-17-28-12-8-9-21-35(28)31/h2-26,38H,1H3,(H,42,47)(H,43,48)(H,44,46)/b37-25+. The van der Waals surface area contributed by atoms with Crippen molar-refractivity contribution in [1.82, 2.24) is 5.32 Å². The van der Waals surface area contributed by atoms with Crippen LogP contribution in [0.15, 0.2) is 156 Å². The van der Waals surface area contributed by atoms with Crippen molar-refractivity contribution in [1.29, 1.82) is 0 Å². The molecule has 51 heavy (non-hydrogen) atoms. The molecule has 0 aromatic heterocycles. The fourth-order valence-electron chi connectivity index (χ4n) is 5.46.